The van der Waals surface area contributed by atoms with Gasteiger partial charge in [0, 0.05) is 20.8 Å². The maximum atomic E-state index is 10.6. The Kier molecular flexibility index (Phi) is 53.5. The van der Waals surface area contributed by atoms with Gasteiger partial charge in [-0.1, -0.05) is 108 Å². The van der Waals surface area contributed by atoms with E-state index in [-0.39, 0.29) is 36.9 Å². The molecule has 0 aliphatic carbocycles. The lowest BCUT2D eigenvalue weighted by Crippen LogP contribution is -2.24. The number of rotatable bonds is 10. The summed E-state index contributed by atoms with van der Waals surface area (Å²) < 4.78 is 10.0. The second-order valence-electron chi connectivity index (χ2n) is 7.49. The molecule has 1 heterocycles. The van der Waals surface area contributed by atoms with Gasteiger partial charge in [-0.3, -0.25) is 0 Å². The maximum absolute atomic E-state index is 10.6. The molecule has 0 saturated carbocycles. The second-order valence-corrected chi connectivity index (χ2v) is 7.49. The molecule has 202 valence electrons. The van der Waals surface area contributed by atoms with Crippen LogP contribution in [0.2, 0.25) is 0 Å². The Bertz CT molecular complexity index is 294. The number of hydrogen-bond acceptors (Lipinski definition) is 4. The minimum Gasteiger partial charge on any atom is -0.447 e. The number of aliphatic hydroxyl groups is 1. The van der Waals surface area contributed by atoms with Gasteiger partial charge in [-0.15, -0.1) is 0 Å². The molecule has 1 aliphatic rings. The van der Waals surface area contributed by atoms with Crippen LogP contribution in [0.15, 0.2) is 0 Å². The fourth-order valence-corrected chi connectivity index (χ4v) is 3.11. The highest BCUT2D eigenvalue weighted by molar-refractivity contribution is 6.92. The minimum atomic E-state index is -0.388. The van der Waals surface area contributed by atoms with Gasteiger partial charge < -0.3 is 19.9 Å². The third-order valence-electron chi connectivity index (χ3n) is 5.16. The van der Waals surface area contributed by atoms with Gasteiger partial charge in [0.25, 0.3) is 0 Å². The molecule has 6 heteroatoms. The number of aliphatic hydroxyl groups excluding tert-OH is 1. The molecular formula is C26H64NO4P. The zero-order chi connectivity index (χ0) is 22.9. The molecule has 0 bridgehead atoms. The van der Waals surface area contributed by atoms with Crippen molar-refractivity contribution in [1.29, 1.82) is 0 Å². The van der Waals surface area contributed by atoms with Gasteiger partial charge in [0.2, 0.25) is 0 Å². The first-order valence-corrected chi connectivity index (χ1v) is 11.9. The van der Waals surface area contributed by atoms with E-state index in [0.29, 0.717) is 6.61 Å². The largest absolute Gasteiger partial charge is 0.447 e. The van der Waals surface area contributed by atoms with Crippen molar-refractivity contribution in [2.24, 2.45) is 11.8 Å². The number of ether oxygens (including phenoxy) is 2. The second kappa shape index (κ2) is 37.9. The van der Waals surface area contributed by atoms with E-state index in [0.717, 1.165) is 38.4 Å². The van der Waals surface area contributed by atoms with E-state index in [9.17, 15) is 4.79 Å². The summed E-state index contributed by atoms with van der Waals surface area (Å²) in [6, 6.07) is 0. The highest BCUT2D eigenvalue weighted by Crippen LogP contribution is 2.21. The lowest BCUT2D eigenvalue weighted by Gasteiger charge is -2.15. The van der Waals surface area contributed by atoms with Gasteiger partial charge in [0.15, 0.2) is 0 Å². The fourth-order valence-electron chi connectivity index (χ4n) is 3.11. The van der Waals surface area contributed by atoms with E-state index in [4.69, 9.17) is 14.6 Å². The average Bonchev–Trinajstić information content (AvgIpc) is 3.28. The molecule has 1 fully saturated rings. The van der Waals surface area contributed by atoms with Crippen molar-refractivity contribution >= 4 is 16.0 Å². The monoisotopic (exact) mass is 485 g/mol. The Labute approximate surface area is 206 Å². The van der Waals surface area contributed by atoms with E-state index in [1.165, 1.54) is 58.4 Å². The molecular weight excluding hydrogens is 421 g/mol. The topological polar surface area (TPSA) is 67.8 Å². The molecule has 0 aromatic rings. The molecule has 5 nitrogen and oxygen atoms in total. The number of nitrogens with one attached hydrogen (secondary N) is 1. The SMILES string of the molecule is C.C.CCC.CCC(CC)CCCC(CC)CC.CNC(=O)OCC1CCCO1.CO.P. The van der Waals surface area contributed by atoms with Gasteiger partial charge >= 0.3 is 6.09 Å². The van der Waals surface area contributed by atoms with Crippen LogP contribution in [0.5, 0.6) is 0 Å². The quantitative estimate of drug-likeness (QED) is 0.309. The summed E-state index contributed by atoms with van der Waals surface area (Å²) in [7, 11) is 2.54. The molecule has 32 heavy (non-hydrogen) atoms. The molecule has 1 rings (SSSR count). The van der Waals surface area contributed by atoms with Gasteiger partial charge in [-0.2, -0.15) is 9.90 Å². The van der Waals surface area contributed by atoms with Crippen LogP contribution in [0.25, 0.3) is 0 Å². The summed E-state index contributed by atoms with van der Waals surface area (Å²) in [4.78, 5) is 10.6. The van der Waals surface area contributed by atoms with Crippen LogP contribution in [0.4, 0.5) is 4.79 Å². The number of amides is 1. The van der Waals surface area contributed by atoms with E-state index >= 15 is 0 Å². The molecule has 0 aromatic heterocycles. The Morgan fingerprint density at radius 1 is 0.969 bits per heavy atom. The molecule has 0 radical (unpaired) electrons. The lowest BCUT2D eigenvalue weighted by atomic mass is 9.91. The Morgan fingerprint density at radius 2 is 1.38 bits per heavy atom. The predicted molar refractivity (Wildman–Crippen MR) is 150 cm³/mol. The van der Waals surface area contributed by atoms with E-state index in [1.54, 1.807) is 0 Å². The number of alkyl carbamates (subject to hydrolysis) is 1. The standard InChI is InChI=1S/C13H28.C7H13NO3.C3H8.CH4O.2CH4.H3P/c1-5-12(6-2)10-9-11-13(7-3)8-4;1-8-7(9)11-5-6-3-2-4-10-6;1-3-2;1-2;;;/h12-13H,5-11H2,1-4H3;6H,2-5H2,1H3,(H,8,9);3H2,1-2H3;2H,1H3;2*1H4;1H3. The molecule has 1 amide bonds. The summed E-state index contributed by atoms with van der Waals surface area (Å²) in [5.41, 5.74) is 0. The zero-order valence-corrected chi connectivity index (χ0v) is 23.0. The third-order valence-corrected chi connectivity index (χ3v) is 5.16. The van der Waals surface area contributed by atoms with Crippen molar-refractivity contribution in [3.8, 4) is 0 Å². The lowest BCUT2D eigenvalue weighted by molar-refractivity contribution is 0.0445. The van der Waals surface area contributed by atoms with Crippen LogP contribution < -0.4 is 5.32 Å². The van der Waals surface area contributed by atoms with Gasteiger partial charge in [-0.25, -0.2) is 4.79 Å². The summed E-state index contributed by atoms with van der Waals surface area (Å²) in [6.07, 6.45) is 12.9. The normalized spacial score (nSPS) is 13.4. The third kappa shape index (κ3) is 31.8. The van der Waals surface area contributed by atoms with Crippen molar-refractivity contribution in [1.82, 2.24) is 5.32 Å². The smallest absolute Gasteiger partial charge is 0.406 e. The van der Waals surface area contributed by atoms with Gasteiger partial charge in [-0.05, 0) is 24.7 Å². The highest BCUT2D eigenvalue weighted by Gasteiger charge is 2.16. The van der Waals surface area contributed by atoms with E-state index in [1.807, 2.05) is 0 Å². The molecule has 2 unspecified atom stereocenters. The molecule has 1 saturated heterocycles. The van der Waals surface area contributed by atoms with Crippen molar-refractivity contribution < 1.29 is 19.4 Å². The van der Waals surface area contributed by atoms with Gasteiger partial charge in [0.05, 0.1) is 6.10 Å². The van der Waals surface area contributed by atoms with E-state index in [2.05, 4.69) is 46.9 Å². The van der Waals surface area contributed by atoms with Crippen LogP contribution in [0.1, 0.15) is 121 Å². The summed E-state index contributed by atoms with van der Waals surface area (Å²) >= 11 is 0. The van der Waals surface area contributed by atoms with Crippen LogP contribution in [0.3, 0.4) is 0 Å². The van der Waals surface area contributed by atoms with Crippen molar-refractivity contribution in [3.63, 3.8) is 0 Å². The summed E-state index contributed by atoms with van der Waals surface area (Å²) in [5, 5.41) is 9.37. The molecule has 0 aromatic carbocycles. The summed E-state index contributed by atoms with van der Waals surface area (Å²) in [5.74, 6) is 1.99. The van der Waals surface area contributed by atoms with Crippen molar-refractivity contribution in [2.45, 2.75) is 127 Å². The van der Waals surface area contributed by atoms with Crippen LogP contribution in [-0.2, 0) is 9.47 Å². The Balaban J connectivity index is -0.0000000817. The van der Waals surface area contributed by atoms with Crippen molar-refractivity contribution in [3.05, 3.63) is 0 Å². The fraction of sp³-hybridized carbons (Fsp3) is 0.962. The minimum absolute atomic E-state index is 0. The van der Waals surface area contributed by atoms with Crippen LogP contribution in [0, 0.1) is 11.8 Å². The van der Waals surface area contributed by atoms with Crippen LogP contribution in [-0.4, -0.2) is 44.7 Å². The summed E-state index contributed by atoms with van der Waals surface area (Å²) in [6.45, 7) is 14.7. The first-order chi connectivity index (χ1) is 14.0. The first kappa shape index (κ1) is 45.2. The first-order valence-electron chi connectivity index (χ1n) is 11.9. The number of carbonyl (C=O) groups excluding carboxylic acids is 1. The van der Waals surface area contributed by atoms with Crippen LogP contribution >= 0.6 is 9.90 Å². The molecule has 0 spiro atoms. The molecule has 2 N–H and O–H groups in total. The highest BCUT2D eigenvalue weighted by atomic mass is 31.0. The van der Waals surface area contributed by atoms with Gasteiger partial charge in [0.1, 0.15) is 6.61 Å². The van der Waals surface area contributed by atoms with Crippen molar-refractivity contribution in [2.75, 3.05) is 27.4 Å². The Morgan fingerprint density at radius 3 is 1.66 bits per heavy atom. The maximum Gasteiger partial charge on any atom is 0.406 e. The molecule has 1 aliphatic heterocycles. The molecule has 2 atom stereocenters. The predicted octanol–water partition coefficient (Wildman–Crippen LogP) is 7.91. The average molecular weight is 486 g/mol. The zero-order valence-electron chi connectivity index (χ0n) is 21.6. The number of hydrogen-bond donors (Lipinski definition) is 2. The van der Waals surface area contributed by atoms with E-state index < -0.39 is 0 Å². The number of carbonyl (C=O) groups is 1. The Hall–Kier alpha value is -0.380.